The van der Waals surface area contributed by atoms with Crippen molar-refractivity contribution in [2.45, 2.75) is 6.92 Å². The maximum absolute atomic E-state index is 12.9. The number of carbonyl (C=O) groups is 1. The second-order valence-corrected chi connectivity index (χ2v) is 3.46. The number of carbonyl (C=O) groups excluding carboxylic acids is 1. The van der Waals surface area contributed by atoms with Gasteiger partial charge in [0.1, 0.15) is 5.82 Å². The van der Waals surface area contributed by atoms with Crippen molar-refractivity contribution in [2.24, 2.45) is 0 Å². The molecule has 4 heteroatoms. The van der Waals surface area contributed by atoms with Gasteiger partial charge in [-0.3, -0.25) is 4.79 Å². The highest BCUT2D eigenvalue weighted by Gasteiger charge is 2.13. The van der Waals surface area contributed by atoms with Gasteiger partial charge < -0.3 is 0 Å². The summed E-state index contributed by atoms with van der Waals surface area (Å²) in [7, 11) is 0. The van der Waals surface area contributed by atoms with E-state index in [1.165, 1.54) is 12.1 Å². The van der Waals surface area contributed by atoms with Crippen molar-refractivity contribution >= 4 is 32.8 Å². The second-order valence-electron chi connectivity index (χ2n) is 2.33. The zero-order chi connectivity index (χ0) is 9.30. The van der Waals surface area contributed by atoms with Gasteiger partial charge >= 0.3 is 0 Å². The van der Waals surface area contributed by atoms with Gasteiger partial charge in [-0.2, -0.15) is 0 Å². The molecule has 1 rings (SSSR count). The summed E-state index contributed by atoms with van der Waals surface area (Å²) in [5, 5.41) is -0.654. The molecule has 0 saturated heterocycles. The molecule has 0 unspecified atom stereocenters. The normalized spacial score (nSPS) is 10.0. The highest BCUT2D eigenvalue weighted by atomic mass is 79.9. The maximum Gasteiger partial charge on any atom is 0.253 e. The van der Waals surface area contributed by atoms with Crippen molar-refractivity contribution in [2.75, 3.05) is 0 Å². The molecule has 1 aromatic carbocycles. The smallest absolute Gasteiger partial charge is 0.253 e. The topological polar surface area (TPSA) is 17.1 Å². The van der Waals surface area contributed by atoms with E-state index in [0.717, 1.165) is 0 Å². The molecule has 64 valence electrons. The number of hydrogen-bond acceptors (Lipinski definition) is 1. The predicted molar refractivity (Wildman–Crippen MR) is 49.0 cm³/mol. The van der Waals surface area contributed by atoms with E-state index in [9.17, 15) is 9.18 Å². The van der Waals surface area contributed by atoms with E-state index in [-0.39, 0.29) is 10.0 Å². The summed E-state index contributed by atoms with van der Waals surface area (Å²) >= 11 is 8.20. The Labute approximate surface area is 82.7 Å². The fourth-order valence-corrected chi connectivity index (χ4v) is 1.87. The molecule has 12 heavy (non-hydrogen) atoms. The first-order chi connectivity index (χ1) is 5.54. The van der Waals surface area contributed by atoms with Gasteiger partial charge in [-0.15, -0.1) is 0 Å². The lowest BCUT2D eigenvalue weighted by molar-refractivity contribution is 0.107. The third kappa shape index (κ3) is 1.67. The molecule has 0 bridgehead atoms. The van der Waals surface area contributed by atoms with E-state index in [4.69, 9.17) is 11.6 Å². The number of halogens is 3. The first kappa shape index (κ1) is 9.68. The van der Waals surface area contributed by atoms with Crippen molar-refractivity contribution in [3.05, 3.63) is 33.5 Å². The monoisotopic (exact) mass is 250 g/mol. The summed E-state index contributed by atoms with van der Waals surface area (Å²) in [4.78, 5) is 10.8. The Morgan fingerprint density at radius 2 is 2.17 bits per heavy atom. The molecular weight excluding hydrogens is 246 g/mol. The van der Waals surface area contributed by atoms with Gasteiger partial charge in [0.05, 0.1) is 10.0 Å². The van der Waals surface area contributed by atoms with Crippen molar-refractivity contribution in [3.8, 4) is 0 Å². The van der Waals surface area contributed by atoms with Crippen LogP contribution >= 0.6 is 27.5 Å². The first-order valence-corrected chi connectivity index (χ1v) is 4.35. The van der Waals surface area contributed by atoms with Crippen LogP contribution in [0.3, 0.4) is 0 Å². The van der Waals surface area contributed by atoms with Crippen LogP contribution in [0, 0.1) is 12.7 Å². The van der Waals surface area contributed by atoms with Crippen molar-refractivity contribution in [1.29, 1.82) is 0 Å². The van der Waals surface area contributed by atoms with Crippen LogP contribution in [0.15, 0.2) is 16.6 Å². The van der Waals surface area contributed by atoms with Gasteiger partial charge in [-0.05, 0) is 46.1 Å². The summed E-state index contributed by atoms with van der Waals surface area (Å²) < 4.78 is 13.0. The lowest BCUT2D eigenvalue weighted by atomic mass is 10.1. The Morgan fingerprint density at radius 3 is 2.58 bits per heavy atom. The van der Waals surface area contributed by atoms with Gasteiger partial charge in [0.15, 0.2) is 0 Å². The highest BCUT2D eigenvalue weighted by molar-refractivity contribution is 9.10. The molecule has 0 aromatic heterocycles. The first-order valence-electron chi connectivity index (χ1n) is 3.18. The molecule has 0 aliphatic rings. The standard InChI is InChI=1S/C8H5BrClFO/c1-4-2-3-5(11)7(9)6(4)8(10)12/h2-3H,1H3. The maximum atomic E-state index is 12.9. The zero-order valence-electron chi connectivity index (χ0n) is 6.20. The van der Waals surface area contributed by atoms with Crippen molar-refractivity contribution in [3.63, 3.8) is 0 Å². The molecule has 0 radical (unpaired) electrons. The average Bonchev–Trinajstić information content (AvgIpc) is 1.97. The SMILES string of the molecule is Cc1ccc(F)c(Br)c1C(=O)Cl. The van der Waals surface area contributed by atoms with Crippen LogP contribution < -0.4 is 0 Å². The average molecular weight is 251 g/mol. The van der Waals surface area contributed by atoms with Crippen LogP contribution in [0.2, 0.25) is 0 Å². The molecule has 0 aliphatic carbocycles. The van der Waals surface area contributed by atoms with E-state index < -0.39 is 11.1 Å². The van der Waals surface area contributed by atoms with Crippen LogP contribution in [-0.2, 0) is 0 Å². The number of rotatable bonds is 1. The Balaban J connectivity index is 3.43. The van der Waals surface area contributed by atoms with Gasteiger partial charge in [0.25, 0.3) is 5.24 Å². The third-order valence-corrected chi connectivity index (χ3v) is 2.46. The summed E-state index contributed by atoms with van der Waals surface area (Å²) in [5.41, 5.74) is 0.847. The van der Waals surface area contributed by atoms with Crippen LogP contribution in [-0.4, -0.2) is 5.24 Å². The highest BCUT2D eigenvalue weighted by Crippen LogP contribution is 2.25. The lowest BCUT2D eigenvalue weighted by Gasteiger charge is -2.03. The van der Waals surface area contributed by atoms with E-state index in [1.807, 2.05) is 0 Å². The molecule has 0 N–H and O–H groups in total. The van der Waals surface area contributed by atoms with E-state index >= 15 is 0 Å². The largest absolute Gasteiger partial charge is 0.276 e. The number of hydrogen-bond donors (Lipinski definition) is 0. The number of aryl methyl sites for hydroxylation is 1. The molecule has 0 amide bonds. The molecule has 0 saturated carbocycles. The fraction of sp³-hybridized carbons (Fsp3) is 0.125. The summed E-state index contributed by atoms with van der Waals surface area (Å²) in [5.74, 6) is -0.482. The van der Waals surface area contributed by atoms with Gasteiger partial charge in [-0.25, -0.2) is 4.39 Å². The summed E-state index contributed by atoms with van der Waals surface area (Å²) in [6.07, 6.45) is 0. The lowest BCUT2D eigenvalue weighted by Crippen LogP contribution is -1.97. The minimum Gasteiger partial charge on any atom is -0.276 e. The Morgan fingerprint density at radius 1 is 1.58 bits per heavy atom. The van der Waals surface area contributed by atoms with Crippen LogP contribution in [0.1, 0.15) is 15.9 Å². The van der Waals surface area contributed by atoms with Crippen LogP contribution in [0.25, 0.3) is 0 Å². The minimum absolute atomic E-state index is 0.127. The predicted octanol–water partition coefficient (Wildman–Crippen LogP) is 3.28. The molecule has 0 fully saturated rings. The summed E-state index contributed by atoms with van der Waals surface area (Å²) in [6.45, 7) is 1.69. The molecule has 1 aromatic rings. The second kappa shape index (κ2) is 3.54. The fourth-order valence-electron chi connectivity index (χ4n) is 0.888. The van der Waals surface area contributed by atoms with Gasteiger partial charge in [0, 0.05) is 0 Å². The Kier molecular flexibility index (Phi) is 2.85. The van der Waals surface area contributed by atoms with E-state index in [0.29, 0.717) is 5.56 Å². The molecular formula is C8H5BrClFO. The molecule has 1 nitrogen and oxygen atoms in total. The van der Waals surface area contributed by atoms with Crippen molar-refractivity contribution < 1.29 is 9.18 Å². The van der Waals surface area contributed by atoms with E-state index in [1.54, 1.807) is 6.92 Å². The Bertz CT molecular complexity index is 338. The van der Waals surface area contributed by atoms with Crippen molar-refractivity contribution in [1.82, 2.24) is 0 Å². The molecule has 0 spiro atoms. The quantitative estimate of drug-likeness (QED) is 0.700. The third-order valence-electron chi connectivity index (χ3n) is 1.50. The number of benzene rings is 1. The molecule has 0 heterocycles. The molecule has 0 atom stereocenters. The van der Waals surface area contributed by atoms with Crippen LogP contribution in [0.4, 0.5) is 4.39 Å². The molecule has 0 aliphatic heterocycles. The zero-order valence-corrected chi connectivity index (χ0v) is 8.54. The van der Waals surface area contributed by atoms with Gasteiger partial charge in [-0.1, -0.05) is 6.07 Å². The van der Waals surface area contributed by atoms with Crippen LogP contribution in [0.5, 0.6) is 0 Å². The van der Waals surface area contributed by atoms with E-state index in [2.05, 4.69) is 15.9 Å². The minimum atomic E-state index is -0.654. The van der Waals surface area contributed by atoms with Gasteiger partial charge in [0.2, 0.25) is 0 Å². The Hall–Kier alpha value is -0.410. The summed E-state index contributed by atoms with van der Waals surface area (Å²) in [6, 6.07) is 2.79.